The molecule has 1 aromatic rings. The zero-order valence-corrected chi connectivity index (χ0v) is 9.21. The smallest absolute Gasteiger partial charge is 0.123 e. The Balaban J connectivity index is 2.80. The Morgan fingerprint density at radius 1 is 1.43 bits per heavy atom. The lowest BCUT2D eigenvalue weighted by molar-refractivity contribution is -0.110. The molecule has 0 fully saturated rings. The minimum absolute atomic E-state index is 0.127. The molecule has 0 amide bonds. The lowest BCUT2D eigenvalue weighted by Gasteiger charge is -2.08. The average Bonchev–Trinajstić information content (AvgIpc) is 2.18. The SMILES string of the molecule is CCc1ccc(CC(C)C=O)cc1C. The van der Waals surface area contributed by atoms with Crippen molar-refractivity contribution in [3.8, 4) is 0 Å². The van der Waals surface area contributed by atoms with Crippen LogP contribution < -0.4 is 0 Å². The summed E-state index contributed by atoms with van der Waals surface area (Å²) in [7, 11) is 0. The van der Waals surface area contributed by atoms with Crippen LogP contribution >= 0.6 is 0 Å². The van der Waals surface area contributed by atoms with Crippen LogP contribution in [0.15, 0.2) is 18.2 Å². The Morgan fingerprint density at radius 3 is 2.64 bits per heavy atom. The van der Waals surface area contributed by atoms with Crippen molar-refractivity contribution >= 4 is 6.29 Å². The van der Waals surface area contributed by atoms with Gasteiger partial charge < -0.3 is 4.79 Å². The number of benzene rings is 1. The summed E-state index contributed by atoms with van der Waals surface area (Å²) in [6, 6.07) is 6.49. The number of rotatable bonds is 4. The Bertz CT molecular complexity index is 315. The van der Waals surface area contributed by atoms with Crippen LogP contribution in [0.4, 0.5) is 0 Å². The third-order valence-electron chi connectivity index (χ3n) is 2.58. The molecule has 0 bridgehead atoms. The molecule has 1 atom stereocenters. The Hall–Kier alpha value is -1.11. The van der Waals surface area contributed by atoms with Gasteiger partial charge in [-0.2, -0.15) is 0 Å². The van der Waals surface area contributed by atoms with E-state index in [9.17, 15) is 4.79 Å². The van der Waals surface area contributed by atoms with Crippen LogP contribution in [0.1, 0.15) is 30.5 Å². The van der Waals surface area contributed by atoms with Crippen molar-refractivity contribution in [1.82, 2.24) is 0 Å². The lowest BCUT2D eigenvalue weighted by atomic mass is 9.97. The van der Waals surface area contributed by atoms with Crippen LogP contribution in [0, 0.1) is 12.8 Å². The topological polar surface area (TPSA) is 17.1 Å². The van der Waals surface area contributed by atoms with Gasteiger partial charge in [-0.05, 0) is 36.5 Å². The maximum absolute atomic E-state index is 10.5. The van der Waals surface area contributed by atoms with Crippen LogP contribution in [0.25, 0.3) is 0 Å². The van der Waals surface area contributed by atoms with E-state index in [1.165, 1.54) is 16.7 Å². The van der Waals surface area contributed by atoms with Crippen LogP contribution in [0.2, 0.25) is 0 Å². The average molecular weight is 190 g/mol. The summed E-state index contributed by atoms with van der Waals surface area (Å²) in [5.74, 6) is 0.127. The van der Waals surface area contributed by atoms with Gasteiger partial charge in [-0.1, -0.05) is 32.0 Å². The number of aldehydes is 1. The summed E-state index contributed by atoms with van der Waals surface area (Å²) in [4.78, 5) is 10.5. The van der Waals surface area contributed by atoms with E-state index >= 15 is 0 Å². The molecule has 14 heavy (non-hydrogen) atoms. The molecule has 76 valence electrons. The third kappa shape index (κ3) is 2.69. The summed E-state index contributed by atoms with van der Waals surface area (Å²) < 4.78 is 0. The van der Waals surface area contributed by atoms with Crippen molar-refractivity contribution in [3.63, 3.8) is 0 Å². The standard InChI is InChI=1S/C13H18O/c1-4-13-6-5-12(8-11(13)3)7-10(2)9-14/h5-6,8-10H,4,7H2,1-3H3. The van der Waals surface area contributed by atoms with Gasteiger partial charge in [-0.15, -0.1) is 0 Å². The van der Waals surface area contributed by atoms with Gasteiger partial charge in [-0.25, -0.2) is 0 Å². The van der Waals surface area contributed by atoms with Gasteiger partial charge in [0.1, 0.15) is 6.29 Å². The highest BCUT2D eigenvalue weighted by Gasteiger charge is 2.03. The van der Waals surface area contributed by atoms with Crippen LogP contribution in [-0.4, -0.2) is 6.29 Å². The van der Waals surface area contributed by atoms with E-state index in [0.29, 0.717) is 0 Å². The first-order valence-electron chi connectivity index (χ1n) is 5.21. The Morgan fingerprint density at radius 2 is 2.14 bits per heavy atom. The third-order valence-corrected chi connectivity index (χ3v) is 2.58. The van der Waals surface area contributed by atoms with E-state index in [-0.39, 0.29) is 5.92 Å². The summed E-state index contributed by atoms with van der Waals surface area (Å²) >= 11 is 0. The second-order valence-electron chi connectivity index (χ2n) is 3.93. The second-order valence-corrected chi connectivity index (χ2v) is 3.93. The van der Waals surface area contributed by atoms with Gasteiger partial charge >= 0.3 is 0 Å². The van der Waals surface area contributed by atoms with Crippen LogP contribution in [0.5, 0.6) is 0 Å². The zero-order chi connectivity index (χ0) is 10.6. The minimum atomic E-state index is 0.127. The van der Waals surface area contributed by atoms with Crippen molar-refractivity contribution < 1.29 is 4.79 Å². The summed E-state index contributed by atoms with van der Waals surface area (Å²) in [6.45, 7) is 6.25. The molecule has 1 rings (SSSR count). The zero-order valence-electron chi connectivity index (χ0n) is 9.21. The van der Waals surface area contributed by atoms with Gasteiger partial charge in [-0.3, -0.25) is 0 Å². The fourth-order valence-corrected chi connectivity index (χ4v) is 1.70. The normalized spacial score (nSPS) is 12.5. The molecule has 0 saturated heterocycles. The van der Waals surface area contributed by atoms with Crippen LogP contribution in [0.3, 0.4) is 0 Å². The van der Waals surface area contributed by atoms with Gasteiger partial charge in [0, 0.05) is 5.92 Å². The maximum Gasteiger partial charge on any atom is 0.123 e. The summed E-state index contributed by atoms with van der Waals surface area (Å²) in [5, 5.41) is 0. The highest BCUT2D eigenvalue weighted by Crippen LogP contribution is 2.14. The number of aryl methyl sites for hydroxylation is 2. The van der Waals surface area contributed by atoms with Gasteiger partial charge in [0.05, 0.1) is 0 Å². The van der Waals surface area contributed by atoms with Crippen molar-refractivity contribution in [2.24, 2.45) is 5.92 Å². The molecule has 0 spiro atoms. The highest BCUT2D eigenvalue weighted by atomic mass is 16.1. The quantitative estimate of drug-likeness (QED) is 0.667. The molecular weight excluding hydrogens is 172 g/mol. The molecule has 0 heterocycles. The molecule has 0 aliphatic carbocycles. The van der Waals surface area contributed by atoms with E-state index < -0.39 is 0 Å². The largest absolute Gasteiger partial charge is 0.303 e. The number of carbonyl (C=O) groups is 1. The molecule has 0 aliphatic heterocycles. The van der Waals surface area contributed by atoms with Crippen molar-refractivity contribution in [3.05, 3.63) is 34.9 Å². The summed E-state index contributed by atoms with van der Waals surface area (Å²) in [6.07, 6.45) is 2.95. The molecular formula is C13H18O. The predicted octanol–water partition coefficient (Wildman–Crippen LogP) is 2.93. The van der Waals surface area contributed by atoms with Crippen molar-refractivity contribution in [2.45, 2.75) is 33.6 Å². The van der Waals surface area contributed by atoms with Crippen molar-refractivity contribution in [1.29, 1.82) is 0 Å². The van der Waals surface area contributed by atoms with E-state index in [1.807, 2.05) is 6.92 Å². The van der Waals surface area contributed by atoms with E-state index in [1.54, 1.807) is 0 Å². The van der Waals surface area contributed by atoms with Crippen LogP contribution in [-0.2, 0) is 17.6 Å². The molecule has 1 unspecified atom stereocenters. The fourth-order valence-electron chi connectivity index (χ4n) is 1.70. The highest BCUT2D eigenvalue weighted by molar-refractivity contribution is 5.53. The van der Waals surface area contributed by atoms with E-state index in [4.69, 9.17) is 0 Å². The van der Waals surface area contributed by atoms with E-state index in [0.717, 1.165) is 19.1 Å². The maximum atomic E-state index is 10.5. The first-order chi connectivity index (χ1) is 6.67. The predicted molar refractivity (Wildman–Crippen MR) is 59.5 cm³/mol. The monoisotopic (exact) mass is 190 g/mol. The fraction of sp³-hybridized carbons (Fsp3) is 0.462. The molecule has 1 aromatic carbocycles. The molecule has 0 aromatic heterocycles. The molecule has 0 saturated carbocycles. The Labute approximate surface area is 86.1 Å². The molecule has 1 nitrogen and oxygen atoms in total. The number of hydrogen-bond donors (Lipinski definition) is 0. The molecule has 1 heteroatoms. The number of hydrogen-bond acceptors (Lipinski definition) is 1. The Kier molecular flexibility index (Phi) is 3.87. The second kappa shape index (κ2) is 4.94. The van der Waals surface area contributed by atoms with E-state index in [2.05, 4.69) is 32.0 Å². The summed E-state index contributed by atoms with van der Waals surface area (Å²) in [5.41, 5.74) is 4.00. The first kappa shape index (κ1) is 11.0. The first-order valence-corrected chi connectivity index (χ1v) is 5.21. The van der Waals surface area contributed by atoms with Gasteiger partial charge in [0.25, 0.3) is 0 Å². The molecule has 0 aliphatic rings. The lowest BCUT2D eigenvalue weighted by Crippen LogP contribution is -2.01. The van der Waals surface area contributed by atoms with Gasteiger partial charge in [0.15, 0.2) is 0 Å². The van der Waals surface area contributed by atoms with Gasteiger partial charge in [0.2, 0.25) is 0 Å². The molecule has 0 radical (unpaired) electrons. The minimum Gasteiger partial charge on any atom is -0.303 e. The van der Waals surface area contributed by atoms with Crippen molar-refractivity contribution in [2.75, 3.05) is 0 Å². The molecule has 0 N–H and O–H groups in total. The number of carbonyl (C=O) groups excluding carboxylic acids is 1.